The molecule has 0 bridgehead atoms. The minimum absolute atomic E-state index is 0.246. The Morgan fingerprint density at radius 1 is 1.56 bits per heavy atom. The fraction of sp³-hybridized carbons (Fsp3) is 0.545. The van der Waals surface area contributed by atoms with Crippen molar-refractivity contribution in [2.45, 2.75) is 32.3 Å². The molecule has 16 heavy (non-hydrogen) atoms. The lowest BCUT2D eigenvalue weighted by Crippen LogP contribution is -2.42. The highest BCUT2D eigenvalue weighted by molar-refractivity contribution is 6.30. The maximum absolute atomic E-state index is 11.6. The number of aliphatic hydroxyl groups is 1. The first-order chi connectivity index (χ1) is 7.50. The average molecular weight is 245 g/mol. The van der Waals surface area contributed by atoms with Crippen molar-refractivity contribution >= 4 is 17.5 Å². The number of hydrogen-bond donors (Lipinski definition) is 3. The van der Waals surface area contributed by atoms with E-state index < -0.39 is 5.60 Å². The van der Waals surface area contributed by atoms with E-state index in [1.807, 2.05) is 13.8 Å². The lowest BCUT2D eigenvalue weighted by molar-refractivity contribution is 0.0313. The summed E-state index contributed by atoms with van der Waals surface area (Å²) in [7, 11) is 0. The van der Waals surface area contributed by atoms with Gasteiger partial charge in [0.1, 0.15) is 5.69 Å². The zero-order valence-corrected chi connectivity index (χ0v) is 10.3. The molecule has 0 saturated carbocycles. The summed E-state index contributed by atoms with van der Waals surface area (Å²) in [6, 6.07) is 1.55. The Hall–Kier alpha value is -1.00. The third kappa shape index (κ3) is 3.25. The number of carbonyl (C=O) groups is 1. The third-order valence-electron chi connectivity index (χ3n) is 2.79. The molecule has 3 N–H and O–H groups in total. The van der Waals surface area contributed by atoms with E-state index in [4.69, 9.17) is 11.6 Å². The predicted molar refractivity (Wildman–Crippen MR) is 63.7 cm³/mol. The molecule has 0 unspecified atom stereocenters. The molecular formula is C11H17ClN2O2. The largest absolute Gasteiger partial charge is 0.388 e. The van der Waals surface area contributed by atoms with Gasteiger partial charge in [0.05, 0.1) is 10.6 Å². The summed E-state index contributed by atoms with van der Waals surface area (Å²) < 4.78 is 0. The van der Waals surface area contributed by atoms with E-state index in [0.717, 1.165) is 0 Å². The monoisotopic (exact) mass is 244 g/mol. The highest BCUT2D eigenvalue weighted by atomic mass is 35.5. The Labute approximate surface area is 100 Å². The fourth-order valence-corrected chi connectivity index (χ4v) is 1.50. The molecule has 0 aliphatic rings. The molecule has 1 heterocycles. The molecule has 0 spiro atoms. The second-order valence-corrected chi connectivity index (χ2v) is 4.28. The molecule has 5 heteroatoms. The molecule has 1 aromatic rings. The number of carbonyl (C=O) groups excluding carboxylic acids is 1. The summed E-state index contributed by atoms with van der Waals surface area (Å²) in [4.78, 5) is 14.4. The van der Waals surface area contributed by atoms with Gasteiger partial charge < -0.3 is 15.4 Å². The molecule has 0 aliphatic carbocycles. The number of rotatable bonds is 5. The van der Waals surface area contributed by atoms with Crippen molar-refractivity contribution < 1.29 is 9.90 Å². The Morgan fingerprint density at radius 2 is 2.19 bits per heavy atom. The molecule has 1 amide bonds. The molecule has 0 aliphatic heterocycles. The van der Waals surface area contributed by atoms with Gasteiger partial charge in [0.2, 0.25) is 0 Å². The molecule has 0 radical (unpaired) electrons. The van der Waals surface area contributed by atoms with Crippen LogP contribution in [0.15, 0.2) is 12.3 Å². The smallest absolute Gasteiger partial charge is 0.267 e. The number of hydrogen-bond acceptors (Lipinski definition) is 2. The molecule has 1 rings (SSSR count). The molecule has 0 aromatic carbocycles. The van der Waals surface area contributed by atoms with Crippen LogP contribution in [0.5, 0.6) is 0 Å². The quantitative estimate of drug-likeness (QED) is 0.741. The standard InChI is InChI=1S/C11H17ClN2O2/c1-3-11(16,4-2)7-14-10(15)9-5-8(12)6-13-9/h5-6,13,16H,3-4,7H2,1-2H3,(H,14,15). The molecule has 90 valence electrons. The van der Waals surface area contributed by atoms with Crippen molar-refractivity contribution in [1.82, 2.24) is 10.3 Å². The average Bonchev–Trinajstić information content (AvgIpc) is 2.72. The summed E-state index contributed by atoms with van der Waals surface area (Å²) in [5.41, 5.74) is -0.425. The van der Waals surface area contributed by atoms with E-state index in [9.17, 15) is 9.90 Å². The minimum atomic E-state index is -0.827. The lowest BCUT2D eigenvalue weighted by Gasteiger charge is -2.25. The number of aromatic amines is 1. The minimum Gasteiger partial charge on any atom is -0.388 e. The first kappa shape index (κ1) is 13.1. The maximum Gasteiger partial charge on any atom is 0.267 e. The SMILES string of the molecule is CCC(O)(CC)CNC(=O)c1cc(Cl)c[nH]1. The Bertz CT molecular complexity index is 359. The van der Waals surface area contributed by atoms with Crippen molar-refractivity contribution in [3.8, 4) is 0 Å². The van der Waals surface area contributed by atoms with Crippen LogP contribution in [0.4, 0.5) is 0 Å². The van der Waals surface area contributed by atoms with E-state index in [0.29, 0.717) is 23.6 Å². The number of H-pyrrole nitrogens is 1. The van der Waals surface area contributed by atoms with Crippen LogP contribution < -0.4 is 5.32 Å². The number of nitrogens with one attached hydrogen (secondary N) is 2. The van der Waals surface area contributed by atoms with E-state index in [1.165, 1.54) is 0 Å². The Morgan fingerprint density at radius 3 is 2.62 bits per heavy atom. The summed E-state index contributed by atoms with van der Waals surface area (Å²) in [6.45, 7) is 4.03. The normalized spacial score (nSPS) is 11.5. The van der Waals surface area contributed by atoms with Crippen LogP contribution >= 0.6 is 11.6 Å². The van der Waals surface area contributed by atoms with E-state index >= 15 is 0 Å². The predicted octanol–water partition coefficient (Wildman–Crippen LogP) is 1.95. The zero-order chi connectivity index (χ0) is 12.2. The first-order valence-electron chi connectivity index (χ1n) is 5.35. The lowest BCUT2D eigenvalue weighted by atomic mass is 9.97. The highest BCUT2D eigenvalue weighted by Crippen LogP contribution is 2.14. The topological polar surface area (TPSA) is 65.1 Å². The van der Waals surface area contributed by atoms with Crippen LogP contribution in [0.1, 0.15) is 37.2 Å². The van der Waals surface area contributed by atoms with Gasteiger partial charge in [0.15, 0.2) is 0 Å². The summed E-state index contributed by atoms with van der Waals surface area (Å²) in [5, 5.41) is 13.1. The molecule has 1 aromatic heterocycles. The molecule has 0 saturated heterocycles. The van der Waals surface area contributed by atoms with Crippen LogP contribution in [0, 0.1) is 0 Å². The van der Waals surface area contributed by atoms with Crippen LogP contribution in [-0.4, -0.2) is 28.1 Å². The number of aromatic nitrogens is 1. The Kier molecular flexibility index (Phi) is 4.38. The highest BCUT2D eigenvalue weighted by Gasteiger charge is 2.23. The van der Waals surface area contributed by atoms with E-state index in [-0.39, 0.29) is 12.5 Å². The van der Waals surface area contributed by atoms with Gasteiger partial charge in [-0.2, -0.15) is 0 Å². The van der Waals surface area contributed by atoms with Crippen molar-refractivity contribution in [2.24, 2.45) is 0 Å². The van der Waals surface area contributed by atoms with Crippen molar-refractivity contribution in [3.63, 3.8) is 0 Å². The van der Waals surface area contributed by atoms with Crippen LogP contribution in [0.3, 0.4) is 0 Å². The van der Waals surface area contributed by atoms with Crippen molar-refractivity contribution in [3.05, 3.63) is 23.0 Å². The van der Waals surface area contributed by atoms with Gasteiger partial charge >= 0.3 is 0 Å². The van der Waals surface area contributed by atoms with E-state index in [2.05, 4.69) is 10.3 Å². The van der Waals surface area contributed by atoms with Crippen LogP contribution in [0.25, 0.3) is 0 Å². The molecular weight excluding hydrogens is 228 g/mol. The Balaban J connectivity index is 2.53. The molecule has 0 atom stereocenters. The van der Waals surface area contributed by atoms with Crippen molar-refractivity contribution in [2.75, 3.05) is 6.54 Å². The second kappa shape index (κ2) is 5.37. The van der Waals surface area contributed by atoms with Crippen LogP contribution in [-0.2, 0) is 0 Å². The number of halogens is 1. The maximum atomic E-state index is 11.6. The van der Waals surface area contributed by atoms with Crippen molar-refractivity contribution in [1.29, 1.82) is 0 Å². The van der Waals surface area contributed by atoms with Gasteiger partial charge in [0.25, 0.3) is 5.91 Å². The van der Waals surface area contributed by atoms with Gasteiger partial charge in [-0.15, -0.1) is 0 Å². The molecule has 0 fully saturated rings. The first-order valence-corrected chi connectivity index (χ1v) is 5.73. The van der Waals surface area contributed by atoms with Gasteiger partial charge in [-0.3, -0.25) is 4.79 Å². The summed E-state index contributed by atoms with van der Waals surface area (Å²) >= 11 is 5.69. The van der Waals surface area contributed by atoms with Crippen LogP contribution in [0.2, 0.25) is 5.02 Å². The third-order valence-corrected chi connectivity index (χ3v) is 3.00. The molecule has 4 nitrogen and oxygen atoms in total. The summed E-state index contributed by atoms with van der Waals surface area (Å²) in [6.07, 6.45) is 2.76. The van der Waals surface area contributed by atoms with E-state index in [1.54, 1.807) is 12.3 Å². The zero-order valence-electron chi connectivity index (χ0n) is 9.51. The summed E-state index contributed by atoms with van der Waals surface area (Å²) in [5.74, 6) is -0.257. The van der Waals surface area contributed by atoms with Gasteiger partial charge in [-0.05, 0) is 18.9 Å². The fourth-order valence-electron chi connectivity index (χ4n) is 1.34. The second-order valence-electron chi connectivity index (χ2n) is 3.85. The van der Waals surface area contributed by atoms with Gasteiger partial charge in [-0.1, -0.05) is 25.4 Å². The van der Waals surface area contributed by atoms with Gasteiger partial charge in [0, 0.05) is 12.7 Å². The van der Waals surface area contributed by atoms with Gasteiger partial charge in [-0.25, -0.2) is 0 Å². The number of amides is 1.